The highest BCUT2D eigenvalue weighted by Gasteiger charge is 2.26. The first-order valence-electron chi connectivity index (χ1n) is 15.4. The standard InChI is InChI=1S/C41H26N2OS/c1-2-11-26(12-3-1)29-15-8-16-31-38-35(44-40(29)31)22-23-36-39(38)42-41(45-36)32-17-9-19-34-37(32)30-14-6-7-18-33(30)43(34)28-21-20-25-10-4-5-13-27(25)24-28/h1-8,10-18,20-24H,9,19H2. The molecular weight excluding hydrogens is 569 g/mol. The minimum atomic E-state index is 0.879. The Hall–Kier alpha value is -5.45. The van der Waals surface area contributed by atoms with Crippen LogP contribution in [0.2, 0.25) is 0 Å². The highest BCUT2D eigenvalue weighted by molar-refractivity contribution is 7.19. The fourth-order valence-electron chi connectivity index (χ4n) is 7.33. The summed E-state index contributed by atoms with van der Waals surface area (Å²) >= 11 is 1.78. The Labute approximate surface area is 263 Å². The Balaban J connectivity index is 1.18. The van der Waals surface area contributed by atoms with Gasteiger partial charge in [-0.05, 0) is 59.5 Å². The molecule has 0 amide bonds. The number of thiazole rings is 1. The van der Waals surface area contributed by atoms with Gasteiger partial charge in [0.05, 0.1) is 21.1 Å². The average Bonchev–Trinajstić information content (AvgIpc) is 3.80. The van der Waals surface area contributed by atoms with E-state index in [-0.39, 0.29) is 0 Å². The summed E-state index contributed by atoms with van der Waals surface area (Å²) in [6.45, 7) is 0. The van der Waals surface area contributed by atoms with Crippen LogP contribution in [-0.2, 0) is 6.42 Å². The highest BCUT2D eigenvalue weighted by atomic mass is 32.1. The van der Waals surface area contributed by atoms with Crippen LogP contribution in [0.15, 0.2) is 138 Å². The average molecular weight is 595 g/mol. The van der Waals surface area contributed by atoms with E-state index in [4.69, 9.17) is 9.40 Å². The Kier molecular flexibility index (Phi) is 5.28. The monoisotopic (exact) mass is 594 g/mol. The molecule has 0 unspecified atom stereocenters. The number of furan rings is 1. The van der Waals surface area contributed by atoms with Crippen molar-refractivity contribution < 1.29 is 4.42 Å². The van der Waals surface area contributed by atoms with E-state index in [1.54, 1.807) is 11.3 Å². The zero-order valence-corrected chi connectivity index (χ0v) is 25.1. The normalized spacial score (nSPS) is 13.3. The lowest BCUT2D eigenvalue weighted by Crippen LogP contribution is -2.05. The van der Waals surface area contributed by atoms with Crippen LogP contribution in [0.1, 0.15) is 22.7 Å². The van der Waals surface area contributed by atoms with Crippen molar-refractivity contribution in [1.29, 1.82) is 0 Å². The number of nitrogens with zero attached hydrogens (tertiary/aromatic N) is 2. The SMILES string of the molecule is C1=C(c2nc3c(ccc4oc5c(-c6ccccc6)cccc5c43)s2)c2c(n(-c3ccc4ccccc4c3)c3ccccc23)CC1. The van der Waals surface area contributed by atoms with Crippen LogP contribution in [0.4, 0.5) is 0 Å². The van der Waals surface area contributed by atoms with Crippen LogP contribution in [0, 0.1) is 0 Å². The van der Waals surface area contributed by atoms with Gasteiger partial charge in [-0.1, -0.05) is 103 Å². The molecule has 9 aromatic rings. The van der Waals surface area contributed by atoms with Gasteiger partial charge < -0.3 is 8.98 Å². The molecule has 4 heteroatoms. The van der Waals surface area contributed by atoms with Gasteiger partial charge in [-0.25, -0.2) is 4.98 Å². The maximum Gasteiger partial charge on any atom is 0.143 e. The lowest BCUT2D eigenvalue weighted by atomic mass is 9.94. The number of hydrogen-bond donors (Lipinski definition) is 0. The summed E-state index contributed by atoms with van der Waals surface area (Å²) in [5.74, 6) is 0. The van der Waals surface area contributed by atoms with Crippen molar-refractivity contribution >= 4 is 70.7 Å². The van der Waals surface area contributed by atoms with E-state index in [1.807, 2.05) is 6.07 Å². The lowest BCUT2D eigenvalue weighted by Gasteiger charge is -2.17. The van der Waals surface area contributed by atoms with Crippen molar-refractivity contribution in [2.75, 3.05) is 0 Å². The number of allylic oxidation sites excluding steroid dienone is 1. The Morgan fingerprint density at radius 2 is 1.53 bits per heavy atom. The minimum Gasteiger partial charge on any atom is -0.455 e. The van der Waals surface area contributed by atoms with Gasteiger partial charge in [0.15, 0.2) is 0 Å². The summed E-state index contributed by atoms with van der Waals surface area (Å²) in [4.78, 5) is 5.40. The van der Waals surface area contributed by atoms with E-state index < -0.39 is 0 Å². The predicted octanol–water partition coefficient (Wildman–Crippen LogP) is 11.3. The van der Waals surface area contributed by atoms with Gasteiger partial charge in [0.25, 0.3) is 0 Å². The topological polar surface area (TPSA) is 31.0 Å². The summed E-state index contributed by atoms with van der Waals surface area (Å²) in [6.07, 6.45) is 4.37. The largest absolute Gasteiger partial charge is 0.455 e. The first-order chi connectivity index (χ1) is 22.3. The van der Waals surface area contributed by atoms with E-state index in [0.717, 1.165) is 56.4 Å². The summed E-state index contributed by atoms with van der Waals surface area (Å²) in [5, 5.41) is 7.06. The van der Waals surface area contributed by atoms with Crippen LogP contribution in [-0.4, -0.2) is 9.55 Å². The van der Waals surface area contributed by atoms with Gasteiger partial charge in [-0.2, -0.15) is 0 Å². The molecule has 3 nitrogen and oxygen atoms in total. The third-order valence-electron chi connectivity index (χ3n) is 9.30. The molecule has 0 radical (unpaired) electrons. The molecule has 1 aliphatic rings. The number of aromatic nitrogens is 2. The maximum atomic E-state index is 6.54. The predicted molar refractivity (Wildman–Crippen MR) is 189 cm³/mol. The minimum absolute atomic E-state index is 0.879. The van der Waals surface area contributed by atoms with Crippen molar-refractivity contribution in [3.8, 4) is 16.8 Å². The van der Waals surface area contributed by atoms with Gasteiger partial charge in [0.1, 0.15) is 16.2 Å². The van der Waals surface area contributed by atoms with Gasteiger partial charge in [-0.15, -0.1) is 11.3 Å². The van der Waals surface area contributed by atoms with Gasteiger partial charge in [0.2, 0.25) is 0 Å². The molecule has 0 atom stereocenters. The number of benzene rings is 6. The Bertz CT molecular complexity index is 2650. The van der Waals surface area contributed by atoms with Crippen molar-refractivity contribution in [1.82, 2.24) is 9.55 Å². The van der Waals surface area contributed by atoms with Crippen molar-refractivity contribution in [2.45, 2.75) is 12.8 Å². The van der Waals surface area contributed by atoms with Crippen LogP contribution >= 0.6 is 11.3 Å². The summed E-state index contributed by atoms with van der Waals surface area (Å²) in [7, 11) is 0. The Morgan fingerprint density at radius 1 is 0.711 bits per heavy atom. The molecule has 6 aromatic carbocycles. The molecule has 0 aliphatic heterocycles. The number of hydrogen-bond acceptors (Lipinski definition) is 3. The van der Waals surface area contributed by atoms with Crippen molar-refractivity contribution in [3.63, 3.8) is 0 Å². The van der Waals surface area contributed by atoms with Crippen LogP contribution in [0.3, 0.4) is 0 Å². The second kappa shape index (κ2) is 9.52. The number of para-hydroxylation sites is 2. The van der Waals surface area contributed by atoms with Crippen molar-refractivity contribution in [3.05, 3.63) is 150 Å². The molecule has 0 saturated carbocycles. The molecular formula is C41H26N2OS. The van der Waals surface area contributed by atoms with E-state index in [2.05, 4.69) is 132 Å². The third kappa shape index (κ3) is 3.66. The summed E-state index contributed by atoms with van der Waals surface area (Å²) in [5.41, 5.74) is 11.4. The second-order valence-corrected chi connectivity index (χ2v) is 12.8. The third-order valence-corrected chi connectivity index (χ3v) is 10.4. The maximum absolute atomic E-state index is 6.54. The van der Waals surface area contributed by atoms with Gasteiger partial charge in [-0.3, -0.25) is 0 Å². The first-order valence-corrected chi connectivity index (χ1v) is 16.3. The molecule has 212 valence electrons. The molecule has 10 rings (SSSR count). The van der Waals surface area contributed by atoms with E-state index in [9.17, 15) is 0 Å². The Morgan fingerprint density at radius 3 is 2.47 bits per heavy atom. The first kappa shape index (κ1) is 24.9. The molecule has 1 aliphatic carbocycles. The lowest BCUT2D eigenvalue weighted by molar-refractivity contribution is 0.670. The second-order valence-electron chi connectivity index (χ2n) is 11.8. The smallest absolute Gasteiger partial charge is 0.143 e. The van der Waals surface area contributed by atoms with E-state index in [1.165, 1.54) is 48.9 Å². The molecule has 45 heavy (non-hydrogen) atoms. The van der Waals surface area contributed by atoms with E-state index in [0.29, 0.717) is 0 Å². The number of rotatable bonds is 3. The van der Waals surface area contributed by atoms with Crippen LogP contribution < -0.4 is 0 Å². The molecule has 0 spiro atoms. The summed E-state index contributed by atoms with van der Waals surface area (Å²) in [6, 6.07) is 45.4. The molecule has 3 aromatic heterocycles. The van der Waals surface area contributed by atoms with Crippen LogP contribution in [0.25, 0.3) is 76.2 Å². The zero-order valence-electron chi connectivity index (χ0n) is 24.3. The quantitative estimate of drug-likeness (QED) is 0.204. The summed E-state index contributed by atoms with van der Waals surface area (Å²) < 4.78 is 10.2. The fourth-order valence-corrected chi connectivity index (χ4v) is 8.35. The number of fused-ring (bicyclic) bond motifs is 9. The molecule has 3 heterocycles. The fraction of sp³-hybridized carbons (Fsp3) is 0.0488. The van der Waals surface area contributed by atoms with Crippen molar-refractivity contribution in [2.24, 2.45) is 0 Å². The highest BCUT2D eigenvalue weighted by Crippen LogP contribution is 2.45. The molecule has 0 bridgehead atoms. The molecule has 0 fully saturated rings. The molecule has 0 saturated heterocycles. The van der Waals surface area contributed by atoms with E-state index >= 15 is 0 Å². The zero-order chi connectivity index (χ0) is 29.5. The van der Waals surface area contributed by atoms with Gasteiger partial charge >= 0.3 is 0 Å². The van der Waals surface area contributed by atoms with Crippen LogP contribution in [0.5, 0.6) is 0 Å². The van der Waals surface area contributed by atoms with Gasteiger partial charge in [0, 0.05) is 38.9 Å². The molecule has 0 N–H and O–H groups in total.